The van der Waals surface area contributed by atoms with Crippen molar-refractivity contribution in [2.24, 2.45) is 5.73 Å². The molecule has 47 heavy (non-hydrogen) atoms. The molecule has 5 rings (SSSR count). The fourth-order valence-electron chi connectivity index (χ4n) is 4.93. The molecular weight excluding hydrogens is 643 g/mol. The van der Waals surface area contributed by atoms with Crippen LogP contribution in [0.5, 0.6) is 11.5 Å². The fraction of sp³-hybridized carbons (Fsp3) is 0.333. The van der Waals surface area contributed by atoms with Crippen molar-refractivity contribution < 1.29 is 54.9 Å². The number of halogens is 7. The van der Waals surface area contributed by atoms with E-state index in [1.165, 1.54) is 26.2 Å². The molecule has 10 nitrogen and oxygen atoms in total. The van der Waals surface area contributed by atoms with Crippen molar-refractivity contribution in [2.75, 3.05) is 20.3 Å². The Hall–Kier alpha value is -4.93. The fourth-order valence-corrected chi connectivity index (χ4v) is 4.93. The molecule has 4 aromatic rings. The van der Waals surface area contributed by atoms with Gasteiger partial charge in [0.25, 0.3) is 5.91 Å². The highest BCUT2D eigenvalue weighted by molar-refractivity contribution is 6.00. The predicted octanol–water partition coefficient (Wildman–Crippen LogP) is 4.60. The van der Waals surface area contributed by atoms with Crippen LogP contribution in [0.4, 0.5) is 30.7 Å². The number of aliphatic hydroxyl groups is 1. The van der Waals surface area contributed by atoms with E-state index in [9.17, 15) is 45.4 Å². The van der Waals surface area contributed by atoms with Gasteiger partial charge in [0.1, 0.15) is 22.7 Å². The predicted molar refractivity (Wildman–Crippen MR) is 150 cm³/mol. The number of primary amides is 1. The molecule has 0 spiro atoms. The first-order valence-electron chi connectivity index (χ1n) is 14.0. The number of carbonyl (C=O) groups excluding carboxylic acids is 2. The summed E-state index contributed by atoms with van der Waals surface area (Å²) in [6, 6.07) is 3.49. The van der Waals surface area contributed by atoms with Crippen molar-refractivity contribution >= 4 is 22.7 Å². The van der Waals surface area contributed by atoms with Crippen LogP contribution in [0, 0.1) is 23.3 Å². The summed E-state index contributed by atoms with van der Waals surface area (Å²) < 4.78 is 113. The van der Waals surface area contributed by atoms with Crippen molar-refractivity contribution in [3.8, 4) is 22.8 Å². The van der Waals surface area contributed by atoms with Crippen LogP contribution in [0.3, 0.4) is 0 Å². The summed E-state index contributed by atoms with van der Waals surface area (Å²) in [7, 11) is 1.32. The van der Waals surface area contributed by atoms with Crippen molar-refractivity contribution in [1.29, 1.82) is 0 Å². The first-order chi connectivity index (χ1) is 22.1. The molecule has 2 heterocycles. The number of fused-ring (bicyclic) bond motifs is 1. The van der Waals surface area contributed by atoms with Crippen LogP contribution in [-0.2, 0) is 16.8 Å². The molecule has 0 aliphatic heterocycles. The number of rotatable bonds is 11. The number of carbonyl (C=O) groups is 2. The number of benzene rings is 2. The Labute approximate surface area is 261 Å². The van der Waals surface area contributed by atoms with E-state index in [0.29, 0.717) is 17.0 Å². The maximum atomic E-state index is 14.9. The van der Waals surface area contributed by atoms with E-state index in [0.717, 1.165) is 12.8 Å². The summed E-state index contributed by atoms with van der Waals surface area (Å²) in [5, 5.41) is 18.0. The molecular formula is C30H26F7N5O5. The minimum absolute atomic E-state index is 0.125. The average molecular weight is 670 g/mol. The number of hydrogen-bond acceptors (Lipinski definition) is 7. The Bertz CT molecular complexity index is 1890. The minimum Gasteiger partial charge on any atom is -0.494 e. The van der Waals surface area contributed by atoms with E-state index >= 15 is 0 Å². The van der Waals surface area contributed by atoms with Gasteiger partial charge in [-0.1, -0.05) is 0 Å². The van der Waals surface area contributed by atoms with Crippen molar-refractivity contribution in [3.05, 3.63) is 70.6 Å². The van der Waals surface area contributed by atoms with Gasteiger partial charge >= 0.3 is 6.18 Å². The summed E-state index contributed by atoms with van der Waals surface area (Å²) >= 11 is 0. The zero-order chi connectivity index (χ0) is 34.4. The van der Waals surface area contributed by atoms with Gasteiger partial charge in [0, 0.05) is 28.3 Å². The van der Waals surface area contributed by atoms with Gasteiger partial charge in [-0.05, 0) is 44.0 Å². The third-order valence-corrected chi connectivity index (χ3v) is 7.45. The van der Waals surface area contributed by atoms with Crippen LogP contribution in [0.1, 0.15) is 47.4 Å². The standard InChI is InChI=1S/C30H26F7N5O5/c1-3-47-27-13(9-21(38)43)8-20(40-26(27)17-10-18(31)23(33)24(34)22(17)32)29(45,30(35,36)37)12-39-28(44)14-6-15-11-42(16-4-5-16)41-25(15)19(7-14)46-2/h6-8,10-11,16,45H,3-5,9,12H2,1-2H3,(H2,38,43)(H,39,44)/t29-/m0/s1. The highest BCUT2D eigenvalue weighted by atomic mass is 19.4. The van der Waals surface area contributed by atoms with Gasteiger partial charge in [-0.25, -0.2) is 22.5 Å². The van der Waals surface area contributed by atoms with Gasteiger partial charge in [0.15, 0.2) is 23.3 Å². The van der Waals surface area contributed by atoms with Gasteiger partial charge in [0.2, 0.25) is 11.5 Å². The number of nitrogens with zero attached hydrogens (tertiary/aromatic N) is 3. The number of nitrogens with one attached hydrogen (secondary N) is 1. The van der Waals surface area contributed by atoms with Crippen LogP contribution >= 0.6 is 0 Å². The second-order valence-corrected chi connectivity index (χ2v) is 10.8. The maximum absolute atomic E-state index is 14.9. The topological polar surface area (TPSA) is 142 Å². The molecule has 1 fully saturated rings. The Balaban J connectivity index is 1.60. The highest BCUT2D eigenvalue weighted by Gasteiger charge is 2.57. The third-order valence-electron chi connectivity index (χ3n) is 7.45. The first kappa shape index (κ1) is 33.4. The summed E-state index contributed by atoms with van der Waals surface area (Å²) in [6.07, 6.45) is -3.00. The molecule has 0 radical (unpaired) electrons. The number of pyridine rings is 1. The first-order valence-corrected chi connectivity index (χ1v) is 14.0. The Morgan fingerprint density at radius 3 is 2.38 bits per heavy atom. The number of amides is 2. The van der Waals surface area contributed by atoms with Gasteiger partial charge in [-0.3, -0.25) is 14.3 Å². The number of hydrogen-bond donors (Lipinski definition) is 3. The minimum atomic E-state index is -5.60. The molecule has 0 saturated heterocycles. The lowest BCUT2D eigenvalue weighted by Crippen LogP contribution is -2.51. The second kappa shape index (κ2) is 12.4. The highest BCUT2D eigenvalue weighted by Crippen LogP contribution is 2.43. The van der Waals surface area contributed by atoms with Crippen LogP contribution < -0.4 is 20.5 Å². The Morgan fingerprint density at radius 2 is 1.79 bits per heavy atom. The normalized spacial score (nSPS) is 14.6. The number of aromatic nitrogens is 3. The quantitative estimate of drug-likeness (QED) is 0.120. The third kappa shape index (κ3) is 6.26. The van der Waals surface area contributed by atoms with Crippen molar-refractivity contribution in [3.63, 3.8) is 0 Å². The van der Waals surface area contributed by atoms with E-state index in [1.54, 1.807) is 10.9 Å². The smallest absolute Gasteiger partial charge is 0.424 e. The molecule has 2 aromatic heterocycles. The van der Waals surface area contributed by atoms with Gasteiger partial charge in [-0.2, -0.15) is 18.3 Å². The van der Waals surface area contributed by atoms with E-state index in [2.05, 4.69) is 10.1 Å². The molecule has 1 saturated carbocycles. The summed E-state index contributed by atoms with van der Waals surface area (Å²) in [5.74, 6) is -11.1. The van der Waals surface area contributed by atoms with Crippen molar-refractivity contribution in [2.45, 2.75) is 44.0 Å². The number of methoxy groups -OCH3 is 1. The molecule has 2 aromatic carbocycles. The van der Waals surface area contributed by atoms with E-state index in [4.69, 9.17) is 15.2 Å². The van der Waals surface area contributed by atoms with Crippen molar-refractivity contribution in [1.82, 2.24) is 20.1 Å². The molecule has 4 N–H and O–H groups in total. The molecule has 17 heteroatoms. The monoisotopic (exact) mass is 669 g/mol. The summed E-state index contributed by atoms with van der Waals surface area (Å²) in [6.45, 7) is -0.457. The molecule has 0 bridgehead atoms. The van der Waals surface area contributed by atoms with Crippen LogP contribution in [0.15, 0.2) is 30.5 Å². The molecule has 1 aliphatic rings. The lowest BCUT2D eigenvalue weighted by atomic mass is 9.93. The number of ether oxygens (including phenoxy) is 2. The molecule has 2 amide bonds. The zero-order valence-electron chi connectivity index (χ0n) is 24.6. The second-order valence-electron chi connectivity index (χ2n) is 10.8. The van der Waals surface area contributed by atoms with Crippen LogP contribution in [0.25, 0.3) is 22.2 Å². The van der Waals surface area contributed by atoms with Gasteiger partial charge in [-0.15, -0.1) is 0 Å². The lowest BCUT2D eigenvalue weighted by Gasteiger charge is -2.31. The number of alkyl halides is 3. The molecule has 250 valence electrons. The lowest BCUT2D eigenvalue weighted by molar-refractivity contribution is -0.265. The molecule has 1 aliphatic carbocycles. The Kier molecular flexibility index (Phi) is 8.79. The Morgan fingerprint density at radius 1 is 1.09 bits per heavy atom. The summed E-state index contributed by atoms with van der Waals surface area (Å²) in [4.78, 5) is 28.7. The van der Waals surface area contributed by atoms with E-state index in [1.807, 2.05) is 5.32 Å². The largest absolute Gasteiger partial charge is 0.494 e. The van der Waals surface area contributed by atoms with Crippen LogP contribution in [0.2, 0.25) is 0 Å². The van der Waals surface area contributed by atoms with Gasteiger partial charge < -0.3 is 25.6 Å². The molecule has 1 atom stereocenters. The summed E-state index contributed by atoms with van der Waals surface area (Å²) in [5.41, 5.74) is -2.54. The molecule has 0 unspecified atom stereocenters. The number of nitrogens with two attached hydrogens (primary N) is 1. The van der Waals surface area contributed by atoms with Gasteiger partial charge in [0.05, 0.1) is 38.4 Å². The zero-order valence-corrected chi connectivity index (χ0v) is 24.6. The van der Waals surface area contributed by atoms with E-state index < -0.39 is 88.1 Å². The average Bonchev–Trinajstić information content (AvgIpc) is 3.78. The maximum Gasteiger partial charge on any atom is 0.424 e. The van der Waals surface area contributed by atoms with Crippen LogP contribution in [-0.4, -0.2) is 58.1 Å². The SMILES string of the molecule is CCOc1c(CC(N)=O)cc([C@@](O)(CNC(=O)c2cc(OC)c3nn(C4CC4)cc3c2)C(F)(F)F)nc1-c1cc(F)c(F)c(F)c1F. The van der Waals surface area contributed by atoms with E-state index in [-0.39, 0.29) is 30.0 Å².